The molecule has 0 saturated carbocycles. The second-order valence-corrected chi connectivity index (χ2v) is 4.55. The molecular formula is C15H18ClN. The van der Waals surface area contributed by atoms with Crippen molar-refractivity contribution in [2.45, 2.75) is 19.3 Å². The van der Waals surface area contributed by atoms with E-state index < -0.39 is 0 Å². The normalized spacial score (nSPS) is 15.6. The molecule has 0 unspecified atom stereocenters. The third-order valence-electron chi connectivity index (χ3n) is 3.46. The average Bonchev–Trinajstić information content (AvgIpc) is 2.39. The fourth-order valence-corrected chi connectivity index (χ4v) is 2.62. The van der Waals surface area contributed by atoms with Crippen LogP contribution in [0.3, 0.4) is 0 Å². The Labute approximate surface area is 109 Å². The lowest BCUT2D eigenvalue weighted by atomic mass is 10.1. The minimum atomic E-state index is 0. The van der Waals surface area contributed by atoms with Gasteiger partial charge in [-0.15, -0.1) is 12.4 Å². The van der Waals surface area contributed by atoms with Crippen LogP contribution in [0.25, 0.3) is 10.8 Å². The van der Waals surface area contributed by atoms with Crippen molar-refractivity contribution in [1.29, 1.82) is 0 Å². The van der Waals surface area contributed by atoms with Gasteiger partial charge in [0.05, 0.1) is 0 Å². The molecule has 0 aliphatic carbocycles. The van der Waals surface area contributed by atoms with E-state index in [1.807, 2.05) is 0 Å². The summed E-state index contributed by atoms with van der Waals surface area (Å²) in [6.07, 6.45) is 4.06. The van der Waals surface area contributed by atoms with Gasteiger partial charge < -0.3 is 4.90 Å². The SMILES string of the molecule is Cl.c1ccc2c(N3CCCCC3)cccc2c1. The fraction of sp³-hybridized carbons (Fsp3) is 0.333. The van der Waals surface area contributed by atoms with E-state index in [1.165, 1.54) is 48.8 Å². The van der Waals surface area contributed by atoms with Crippen LogP contribution < -0.4 is 4.90 Å². The molecular weight excluding hydrogens is 230 g/mol. The Morgan fingerprint density at radius 1 is 0.765 bits per heavy atom. The smallest absolute Gasteiger partial charge is 0.0445 e. The molecule has 1 aliphatic heterocycles. The summed E-state index contributed by atoms with van der Waals surface area (Å²) in [5.41, 5.74) is 1.41. The summed E-state index contributed by atoms with van der Waals surface area (Å²) in [5.74, 6) is 0. The lowest BCUT2D eigenvalue weighted by Gasteiger charge is -2.29. The van der Waals surface area contributed by atoms with Gasteiger partial charge in [0.1, 0.15) is 0 Å². The number of rotatable bonds is 1. The van der Waals surface area contributed by atoms with Gasteiger partial charge in [-0.3, -0.25) is 0 Å². The van der Waals surface area contributed by atoms with Gasteiger partial charge in [-0.1, -0.05) is 36.4 Å². The summed E-state index contributed by atoms with van der Waals surface area (Å²) in [5, 5.41) is 2.75. The summed E-state index contributed by atoms with van der Waals surface area (Å²) >= 11 is 0. The molecule has 0 amide bonds. The third-order valence-corrected chi connectivity index (χ3v) is 3.46. The first-order chi connectivity index (χ1) is 7.95. The van der Waals surface area contributed by atoms with Crippen LogP contribution in [0.4, 0.5) is 5.69 Å². The summed E-state index contributed by atoms with van der Waals surface area (Å²) in [6, 6.07) is 15.3. The van der Waals surface area contributed by atoms with Crippen LogP contribution in [0.2, 0.25) is 0 Å². The lowest BCUT2D eigenvalue weighted by Crippen LogP contribution is -2.29. The minimum Gasteiger partial charge on any atom is -0.371 e. The molecule has 1 aliphatic rings. The molecule has 0 bridgehead atoms. The first-order valence-corrected chi connectivity index (χ1v) is 6.18. The Balaban J connectivity index is 0.00000108. The van der Waals surface area contributed by atoms with Crippen molar-refractivity contribution in [3.63, 3.8) is 0 Å². The second-order valence-electron chi connectivity index (χ2n) is 4.55. The molecule has 2 heteroatoms. The van der Waals surface area contributed by atoms with Crippen molar-refractivity contribution in [3.8, 4) is 0 Å². The van der Waals surface area contributed by atoms with E-state index in [9.17, 15) is 0 Å². The second kappa shape index (κ2) is 5.42. The highest BCUT2D eigenvalue weighted by atomic mass is 35.5. The van der Waals surface area contributed by atoms with E-state index in [1.54, 1.807) is 0 Å². The van der Waals surface area contributed by atoms with Crippen molar-refractivity contribution in [3.05, 3.63) is 42.5 Å². The van der Waals surface area contributed by atoms with Gasteiger partial charge in [0.25, 0.3) is 0 Å². The number of fused-ring (bicyclic) bond motifs is 1. The summed E-state index contributed by atoms with van der Waals surface area (Å²) in [7, 11) is 0. The van der Waals surface area contributed by atoms with E-state index in [0.29, 0.717) is 0 Å². The number of piperidine rings is 1. The van der Waals surface area contributed by atoms with Crippen molar-refractivity contribution in [2.75, 3.05) is 18.0 Å². The van der Waals surface area contributed by atoms with E-state index in [4.69, 9.17) is 0 Å². The van der Waals surface area contributed by atoms with Crippen LogP contribution in [-0.4, -0.2) is 13.1 Å². The van der Waals surface area contributed by atoms with Crippen molar-refractivity contribution >= 4 is 28.9 Å². The third kappa shape index (κ3) is 2.39. The predicted octanol–water partition coefficient (Wildman–Crippen LogP) is 4.25. The Kier molecular flexibility index (Phi) is 3.90. The van der Waals surface area contributed by atoms with Gasteiger partial charge in [0.2, 0.25) is 0 Å². The van der Waals surface area contributed by atoms with Gasteiger partial charge in [0, 0.05) is 24.2 Å². The standard InChI is InChI=1S/C15H17N.ClH/c1-4-11-16(12-5-1)15-10-6-8-13-7-2-3-9-14(13)15;/h2-3,6-10H,1,4-5,11-12H2;1H. The Hall–Kier alpha value is -1.21. The summed E-state index contributed by atoms with van der Waals surface area (Å²) in [4.78, 5) is 2.53. The highest BCUT2D eigenvalue weighted by Crippen LogP contribution is 2.28. The van der Waals surface area contributed by atoms with Gasteiger partial charge in [-0.05, 0) is 30.7 Å². The van der Waals surface area contributed by atoms with Crippen molar-refractivity contribution in [1.82, 2.24) is 0 Å². The van der Waals surface area contributed by atoms with Crippen LogP contribution in [0.15, 0.2) is 42.5 Å². The van der Waals surface area contributed by atoms with Gasteiger partial charge in [-0.25, -0.2) is 0 Å². The maximum absolute atomic E-state index is 2.53. The van der Waals surface area contributed by atoms with Crippen LogP contribution in [-0.2, 0) is 0 Å². The van der Waals surface area contributed by atoms with E-state index in [2.05, 4.69) is 47.4 Å². The number of nitrogens with zero attached hydrogens (tertiary/aromatic N) is 1. The molecule has 2 aromatic carbocycles. The quantitative estimate of drug-likeness (QED) is 0.728. The van der Waals surface area contributed by atoms with Gasteiger partial charge >= 0.3 is 0 Å². The largest absolute Gasteiger partial charge is 0.371 e. The maximum atomic E-state index is 2.53. The lowest BCUT2D eigenvalue weighted by molar-refractivity contribution is 0.579. The predicted molar refractivity (Wildman–Crippen MR) is 77.3 cm³/mol. The molecule has 1 heterocycles. The number of hydrogen-bond acceptors (Lipinski definition) is 1. The number of anilines is 1. The molecule has 0 N–H and O–H groups in total. The van der Waals surface area contributed by atoms with E-state index in [0.717, 1.165) is 0 Å². The first-order valence-electron chi connectivity index (χ1n) is 6.18. The molecule has 0 atom stereocenters. The zero-order valence-electron chi connectivity index (χ0n) is 9.93. The Bertz CT molecular complexity index is 484. The molecule has 1 saturated heterocycles. The van der Waals surface area contributed by atoms with Crippen molar-refractivity contribution in [2.24, 2.45) is 0 Å². The summed E-state index contributed by atoms with van der Waals surface area (Å²) < 4.78 is 0. The molecule has 0 aromatic heterocycles. The summed E-state index contributed by atoms with van der Waals surface area (Å²) in [6.45, 7) is 2.43. The Morgan fingerprint density at radius 3 is 2.29 bits per heavy atom. The zero-order valence-corrected chi connectivity index (χ0v) is 10.7. The molecule has 0 spiro atoms. The van der Waals surface area contributed by atoms with Crippen LogP contribution in [0.5, 0.6) is 0 Å². The van der Waals surface area contributed by atoms with Crippen LogP contribution >= 0.6 is 12.4 Å². The molecule has 0 radical (unpaired) electrons. The van der Waals surface area contributed by atoms with E-state index >= 15 is 0 Å². The molecule has 17 heavy (non-hydrogen) atoms. The number of benzene rings is 2. The van der Waals surface area contributed by atoms with Crippen molar-refractivity contribution < 1.29 is 0 Å². The molecule has 90 valence electrons. The maximum Gasteiger partial charge on any atom is 0.0445 e. The van der Waals surface area contributed by atoms with Crippen LogP contribution in [0.1, 0.15) is 19.3 Å². The first kappa shape index (κ1) is 12.3. The highest BCUT2D eigenvalue weighted by molar-refractivity contribution is 5.94. The molecule has 1 fully saturated rings. The molecule has 1 nitrogen and oxygen atoms in total. The monoisotopic (exact) mass is 247 g/mol. The molecule has 2 aromatic rings. The topological polar surface area (TPSA) is 3.24 Å². The zero-order chi connectivity index (χ0) is 10.8. The number of hydrogen-bond donors (Lipinski definition) is 0. The fourth-order valence-electron chi connectivity index (χ4n) is 2.62. The highest BCUT2D eigenvalue weighted by Gasteiger charge is 2.12. The molecule has 3 rings (SSSR count). The van der Waals surface area contributed by atoms with Crippen LogP contribution in [0, 0.1) is 0 Å². The van der Waals surface area contributed by atoms with Gasteiger partial charge in [-0.2, -0.15) is 0 Å². The van der Waals surface area contributed by atoms with Gasteiger partial charge in [0.15, 0.2) is 0 Å². The average molecular weight is 248 g/mol. The Morgan fingerprint density at radius 2 is 1.47 bits per heavy atom. The van der Waals surface area contributed by atoms with E-state index in [-0.39, 0.29) is 12.4 Å². The minimum absolute atomic E-state index is 0. The number of halogens is 1.